The molecule has 0 radical (unpaired) electrons. The summed E-state index contributed by atoms with van der Waals surface area (Å²) >= 11 is 0. The minimum absolute atomic E-state index is 0. The van der Waals surface area contributed by atoms with Crippen molar-refractivity contribution in [1.29, 1.82) is 0 Å². The van der Waals surface area contributed by atoms with Crippen LogP contribution in [0.4, 0.5) is 0 Å². The van der Waals surface area contributed by atoms with Gasteiger partial charge in [-0.3, -0.25) is 4.79 Å². The van der Waals surface area contributed by atoms with Crippen molar-refractivity contribution in [3.8, 4) is 5.75 Å². The number of hydrogen-bond acceptors (Lipinski definition) is 4. The number of benzene rings is 1. The van der Waals surface area contributed by atoms with Crippen LogP contribution < -0.4 is 15.8 Å². The number of amides is 1. The van der Waals surface area contributed by atoms with Crippen molar-refractivity contribution in [2.75, 3.05) is 33.4 Å². The summed E-state index contributed by atoms with van der Waals surface area (Å²) in [4.78, 5) is 11.3. The molecule has 0 aliphatic heterocycles. The van der Waals surface area contributed by atoms with Crippen molar-refractivity contribution in [3.63, 3.8) is 0 Å². The predicted octanol–water partition coefficient (Wildman–Crippen LogP) is 1.53. The van der Waals surface area contributed by atoms with Gasteiger partial charge in [-0.1, -0.05) is 12.1 Å². The molecule has 5 nitrogen and oxygen atoms in total. The predicted molar refractivity (Wildman–Crippen MR) is 86.1 cm³/mol. The molecule has 0 saturated carbocycles. The molecule has 0 atom stereocenters. The third kappa shape index (κ3) is 9.28. The fourth-order valence-corrected chi connectivity index (χ4v) is 1.69. The molecule has 0 spiro atoms. The standard InChI is InChI=1S/C15H24N2O3.ClH/c1-19-12-8-13-4-6-14(7-5-13)20-11-2-3-15(18)17-10-9-16;/h4-7H,2-3,8-12,16H2,1H3,(H,17,18);1H. The largest absolute Gasteiger partial charge is 0.494 e. The molecule has 120 valence electrons. The van der Waals surface area contributed by atoms with Crippen molar-refractivity contribution >= 4 is 18.3 Å². The summed E-state index contributed by atoms with van der Waals surface area (Å²) in [6, 6.07) is 7.95. The van der Waals surface area contributed by atoms with Crippen molar-refractivity contribution in [2.45, 2.75) is 19.3 Å². The number of nitrogens with two attached hydrogens (primary N) is 1. The lowest BCUT2D eigenvalue weighted by molar-refractivity contribution is -0.121. The molecular formula is C15H25ClN2O3. The summed E-state index contributed by atoms with van der Waals surface area (Å²) < 4.78 is 10.6. The highest BCUT2D eigenvalue weighted by atomic mass is 35.5. The Balaban J connectivity index is 0.00000400. The Morgan fingerprint density at radius 2 is 1.95 bits per heavy atom. The van der Waals surface area contributed by atoms with Crippen molar-refractivity contribution in [2.24, 2.45) is 5.73 Å². The van der Waals surface area contributed by atoms with Crippen LogP contribution in [0, 0.1) is 0 Å². The maximum atomic E-state index is 11.3. The molecule has 3 N–H and O–H groups in total. The minimum Gasteiger partial charge on any atom is -0.494 e. The molecule has 0 bridgehead atoms. The van der Waals surface area contributed by atoms with Crippen LogP contribution in [-0.2, 0) is 16.0 Å². The van der Waals surface area contributed by atoms with Gasteiger partial charge in [0.2, 0.25) is 5.91 Å². The van der Waals surface area contributed by atoms with Crippen LogP contribution in [0.1, 0.15) is 18.4 Å². The zero-order chi connectivity index (χ0) is 14.6. The van der Waals surface area contributed by atoms with Gasteiger partial charge in [-0.25, -0.2) is 0 Å². The maximum Gasteiger partial charge on any atom is 0.220 e. The monoisotopic (exact) mass is 316 g/mol. The van der Waals surface area contributed by atoms with E-state index in [1.165, 1.54) is 5.56 Å². The second kappa shape index (κ2) is 12.4. The van der Waals surface area contributed by atoms with E-state index >= 15 is 0 Å². The summed E-state index contributed by atoms with van der Waals surface area (Å²) in [7, 11) is 1.70. The summed E-state index contributed by atoms with van der Waals surface area (Å²) in [5.41, 5.74) is 6.53. The van der Waals surface area contributed by atoms with Crippen LogP contribution in [0.25, 0.3) is 0 Å². The first kappa shape index (κ1) is 19.7. The Kier molecular flexibility index (Phi) is 11.7. The first-order chi connectivity index (χ1) is 9.76. The number of rotatable bonds is 10. The maximum absolute atomic E-state index is 11.3. The molecule has 0 heterocycles. The lowest BCUT2D eigenvalue weighted by atomic mass is 10.1. The fraction of sp³-hybridized carbons (Fsp3) is 0.533. The van der Waals surface area contributed by atoms with Gasteiger partial charge < -0.3 is 20.5 Å². The number of halogens is 1. The number of nitrogens with one attached hydrogen (secondary N) is 1. The molecule has 6 heteroatoms. The van der Waals surface area contributed by atoms with Gasteiger partial charge in [0.05, 0.1) is 13.2 Å². The quantitative estimate of drug-likeness (QED) is 0.642. The van der Waals surface area contributed by atoms with E-state index in [9.17, 15) is 4.79 Å². The number of carbonyl (C=O) groups is 1. The average Bonchev–Trinajstić information content (AvgIpc) is 2.48. The van der Waals surface area contributed by atoms with Crippen LogP contribution >= 0.6 is 12.4 Å². The smallest absolute Gasteiger partial charge is 0.220 e. The van der Waals surface area contributed by atoms with Crippen LogP contribution in [0.5, 0.6) is 5.75 Å². The van der Waals surface area contributed by atoms with Gasteiger partial charge in [0.1, 0.15) is 5.75 Å². The van der Waals surface area contributed by atoms with Gasteiger partial charge in [-0.15, -0.1) is 12.4 Å². The van der Waals surface area contributed by atoms with Gasteiger partial charge >= 0.3 is 0 Å². The van der Waals surface area contributed by atoms with Crippen LogP contribution in [0.2, 0.25) is 0 Å². The lowest BCUT2D eigenvalue weighted by Crippen LogP contribution is -2.29. The Bertz CT molecular complexity index is 385. The third-order valence-electron chi connectivity index (χ3n) is 2.80. The molecule has 1 amide bonds. The molecule has 0 unspecified atom stereocenters. The first-order valence-electron chi connectivity index (χ1n) is 6.93. The van der Waals surface area contributed by atoms with Gasteiger partial charge in [0.25, 0.3) is 0 Å². The van der Waals surface area contributed by atoms with Gasteiger partial charge in [0.15, 0.2) is 0 Å². The van der Waals surface area contributed by atoms with E-state index in [1.54, 1.807) is 7.11 Å². The second-order valence-electron chi connectivity index (χ2n) is 4.48. The zero-order valence-electron chi connectivity index (χ0n) is 12.5. The van der Waals surface area contributed by atoms with E-state index in [0.717, 1.165) is 18.8 Å². The SMILES string of the molecule is COCCc1ccc(OCCCC(=O)NCCN)cc1.Cl. The second-order valence-corrected chi connectivity index (χ2v) is 4.48. The normalized spacial score (nSPS) is 9.81. The number of ether oxygens (including phenoxy) is 2. The highest BCUT2D eigenvalue weighted by Gasteiger charge is 2.00. The molecule has 0 saturated heterocycles. The van der Waals surface area contributed by atoms with Gasteiger partial charge in [-0.05, 0) is 30.5 Å². The summed E-state index contributed by atoms with van der Waals surface area (Å²) in [6.45, 7) is 2.26. The first-order valence-corrected chi connectivity index (χ1v) is 6.93. The zero-order valence-corrected chi connectivity index (χ0v) is 13.3. The van der Waals surface area contributed by atoms with E-state index in [1.807, 2.05) is 24.3 Å². The van der Waals surface area contributed by atoms with Gasteiger partial charge in [0, 0.05) is 26.6 Å². The highest BCUT2D eigenvalue weighted by molar-refractivity contribution is 5.85. The topological polar surface area (TPSA) is 73.6 Å². The van der Waals surface area contributed by atoms with Crippen molar-refractivity contribution in [1.82, 2.24) is 5.32 Å². The average molecular weight is 317 g/mol. The molecule has 1 aromatic carbocycles. The van der Waals surface area contributed by atoms with Crippen molar-refractivity contribution in [3.05, 3.63) is 29.8 Å². The lowest BCUT2D eigenvalue weighted by Gasteiger charge is -2.07. The Labute approximate surface area is 132 Å². The summed E-state index contributed by atoms with van der Waals surface area (Å²) in [6.07, 6.45) is 2.06. The molecule has 0 aliphatic rings. The molecule has 21 heavy (non-hydrogen) atoms. The van der Waals surface area contributed by atoms with E-state index in [4.69, 9.17) is 15.2 Å². The Morgan fingerprint density at radius 1 is 1.24 bits per heavy atom. The Morgan fingerprint density at radius 3 is 2.57 bits per heavy atom. The van der Waals surface area contributed by atoms with Crippen LogP contribution in [0.3, 0.4) is 0 Å². The molecule has 1 rings (SSSR count). The summed E-state index contributed by atoms with van der Waals surface area (Å²) in [5, 5.41) is 2.73. The van der Waals surface area contributed by atoms with Crippen molar-refractivity contribution < 1.29 is 14.3 Å². The van der Waals surface area contributed by atoms with Crippen LogP contribution in [-0.4, -0.2) is 39.3 Å². The minimum atomic E-state index is 0. The molecule has 1 aromatic rings. The fourth-order valence-electron chi connectivity index (χ4n) is 1.69. The van der Waals surface area contributed by atoms with Gasteiger partial charge in [-0.2, -0.15) is 0 Å². The molecule has 0 fully saturated rings. The van der Waals surface area contributed by atoms with E-state index < -0.39 is 0 Å². The van der Waals surface area contributed by atoms with E-state index in [0.29, 0.717) is 32.5 Å². The molecule has 0 aliphatic carbocycles. The van der Waals surface area contributed by atoms with Crippen LogP contribution in [0.15, 0.2) is 24.3 Å². The molecular weight excluding hydrogens is 292 g/mol. The van der Waals surface area contributed by atoms with E-state index in [2.05, 4.69) is 5.32 Å². The summed E-state index contributed by atoms with van der Waals surface area (Å²) in [5.74, 6) is 0.850. The molecule has 0 aromatic heterocycles. The number of carbonyl (C=O) groups excluding carboxylic acids is 1. The highest BCUT2D eigenvalue weighted by Crippen LogP contribution is 2.13. The Hall–Kier alpha value is -1.30. The number of methoxy groups -OCH3 is 1. The number of hydrogen-bond donors (Lipinski definition) is 2. The van der Waals surface area contributed by atoms with E-state index in [-0.39, 0.29) is 18.3 Å². The third-order valence-corrected chi connectivity index (χ3v) is 2.80.